The van der Waals surface area contributed by atoms with Crippen molar-refractivity contribution >= 4 is 17.2 Å². The number of ether oxygens (including phenoxy) is 2. The van der Waals surface area contributed by atoms with E-state index in [9.17, 15) is 4.79 Å². The summed E-state index contributed by atoms with van der Waals surface area (Å²) >= 11 is 0. The normalized spacial score (nSPS) is 16.8. The second-order valence-electron chi connectivity index (χ2n) is 4.48. The molecule has 0 unspecified atom stereocenters. The molecule has 0 atom stereocenters. The van der Waals surface area contributed by atoms with Crippen LogP contribution in [0, 0.1) is 6.57 Å². The summed E-state index contributed by atoms with van der Waals surface area (Å²) in [6, 6.07) is 5.13. The Labute approximate surface area is 106 Å². The van der Waals surface area contributed by atoms with Crippen LogP contribution in [0.15, 0.2) is 24.3 Å². The Bertz CT molecular complexity index is 579. The summed E-state index contributed by atoms with van der Waals surface area (Å²) in [4.78, 5) is 15.1. The zero-order chi connectivity index (χ0) is 13.3. The molecule has 0 aliphatic carbocycles. The third-order valence-corrected chi connectivity index (χ3v) is 2.80. The average Bonchev–Trinajstić information content (AvgIpc) is 2.63. The van der Waals surface area contributed by atoms with E-state index >= 15 is 0 Å². The van der Waals surface area contributed by atoms with Gasteiger partial charge in [0.05, 0.1) is 13.7 Å². The van der Waals surface area contributed by atoms with Crippen LogP contribution in [-0.4, -0.2) is 18.5 Å². The number of hydrogen-bond donors (Lipinski definition) is 0. The summed E-state index contributed by atoms with van der Waals surface area (Å²) in [5.41, 5.74) is 0.283. The van der Waals surface area contributed by atoms with Crippen molar-refractivity contribution in [2.45, 2.75) is 19.4 Å². The maximum atomic E-state index is 11.7. The molecule has 1 aromatic carbocycles. The van der Waals surface area contributed by atoms with E-state index in [4.69, 9.17) is 16.0 Å². The largest absolute Gasteiger partial charge is 0.508 e. The standard InChI is InChI=1S/C14H13NO3/c1-14(2)13(16)8-12(18-14)9-5-6-11(17-4)10(7-9)15-3/h5-8H,1-2,4H3. The molecule has 92 valence electrons. The molecule has 0 N–H and O–H groups in total. The van der Waals surface area contributed by atoms with Crippen molar-refractivity contribution in [2.24, 2.45) is 0 Å². The van der Waals surface area contributed by atoms with Gasteiger partial charge < -0.3 is 9.47 Å². The zero-order valence-electron chi connectivity index (χ0n) is 10.5. The molecular weight excluding hydrogens is 230 g/mol. The van der Waals surface area contributed by atoms with Crippen molar-refractivity contribution in [1.82, 2.24) is 0 Å². The zero-order valence-corrected chi connectivity index (χ0v) is 10.5. The molecule has 2 rings (SSSR count). The highest BCUT2D eigenvalue weighted by Gasteiger charge is 2.35. The number of carbonyl (C=O) groups is 1. The first-order chi connectivity index (χ1) is 8.47. The van der Waals surface area contributed by atoms with Crippen LogP contribution in [-0.2, 0) is 9.53 Å². The van der Waals surface area contributed by atoms with Gasteiger partial charge in [-0.15, -0.1) is 0 Å². The Morgan fingerprint density at radius 1 is 1.39 bits per heavy atom. The van der Waals surface area contributed by atoms with Gasteiger partial charge in [-0.25, -0.2) is 4.85 Å². The monoisotopic (exact) mass is 243 g/mol. The van der Waals surface area contributed by atoms with Crippen molar-refractivity contribution < 1.29 is 14.3 Å². The molecule has 1 aromatic rings. The van der Waals surface area contributed by atoms with E-state index in [0.29, 0.717) is 22.8 Å². The van der Waals surface area contributed by atoms with Crippen molar-refractivity contribution in [3.8, 4) is 5.75 Å². The summed E-state index contributed by atoms with van der Waals surface area (Å²) in [6.07, 6.45) is 1.47. The molecule has 0 saturated carbocycles. The highest BCUT2D eigenvalue weighted by atomic mass is 16.5. The van der Waals surface area contributed by atoms with Gasteiger partial charge in [0.15, 0.2) is 5.60 Å². The molecule has 0 fully saturated rings. The molecule has 1 aliphatic heterocycles. The molecule has 0 aromatic heterocycles. The van der Waals surface area contributed by atoms with Gasteiger partial charge >= 0.3 is 0 Å². The number of nitrogens with zero attached hydrogens (tertiary/aromatic N) is 1. The molecular formula is C14H13NO3. The highest BCUT2D eigenvalue weighted by Crippen LogP contribution is 2.35. The lowest BCUT2D eigenvalue weighted by Gasteiger charge is -2.18. The minimum Gasteiger partial charge on any atom is -0.508 e. The Hall–Kier alpha value is -2.28. The van der Waals surface area contributed by atoms with Crippen LogP contribution in [0.1, 0.15) is 19.4 Å². The maximum Gasteiger partial charge on any atom is 0.228 e. The number of methoxy groups -OCH3 is 1. The number of carbonyl (C=O) groups excluding carboxylic acids is 1. The van der Waals surface area contributed by atoms with Gasteiger partial charge in [0.1, 0.15) is 11.5 Å². The molecule has 1 aliphatic rings. The van der Waals surface area contributed by atoms with Crippen LogP contribution >= 0.6 is 0 Å². The Morgan fingerprint density at radius 3 is 2.61 bits per heavy atom. The van der Waals surface area contributed by atoms with E-state index in [1.54, 1.807) is 32.0 Å². The quantitative estimate of drug-likeness (QED) is 0.750. The number of benzene rings is 1. The highest BCUT2D eigenvalue weighted by molar-refractivity contribution is 6.04. The van der Waals surface area contributed by atoms with Crippen LogP contribution in [0.25, 0.3) is 10.6 Å². The first-order valence-electron chi connectivity index (χ1n) is 5.49. The number of hydrogen-bond acceptors (Lipinski definition) is 3. The fourth-order valence-electron chi connectivity index (χ4n) is 1.72. The maximum absolute atomic E-state index is 11.7. The van der Waals surface area contributed by atoms with Gasteiger partial charge in [0.2, 0.25) is 11.5 Å². The third kappa shape index (κ3) is 1.95. The lowest BCUT2D eigenvalue weighted by atomic mass is 10.1. The van der Waals surface area contributed by atoms with Gasteiger partial charge in [-0.1, -0.05) is 6.07 Å². The molecule has 0 bridgehead atoms. The van der Waals surface area contributed by atoms with Crippen molar-refractivity contribution in [3.05, 3.63) is 41.3 Å². The third-order valence-electron chi connectivity index (χ3n) is 2.80. The average molecular weight is 243 g/mol. The van der Waals surface area contributed by atoms with Crippen LogP contribution in [0.2, 0.25) is 0 Å². The van der Waals surface area contributed by atoms with Gasteiger partial charge in [-0.05, 0) is 26.0 Å². The van der Waals surface area contributed by atoms with Gasteiger partial charge in [-0.2, -0.15) is 0 Å². The lowest BCUT2D eigenvalue weighted by Crippen LogP contribution is -2.27. The molecule has 1 heterocycles. The fourth-order valence-corrected chi connectivity index (χ4v) is 1.72. The summed E-state index contributed by atoms with van der Waals surface area (Å²) < 4.78 is 10.7. The molecule has 4 nitrogen and oxygen atoms in total. The fraction of sp³-hybridized carbons (Fsp3) is 0.286. The molecule has 0 saturated heterocycles. The topological polar surface area (TPSA) is 39.9 Å². The summed E-state index contributed by atoms with van der Waals surface area (Å²) in [7, 11) is 1.52. The van der Waals surface area contributed by atoms with E-state index in [0.717, 1.165) is 0 Å². The van der Waals surface area contributed by atoms with Crippen molar-refractivity contribution in [1.29, 1.82) is 0 Å². The van der Waals surface area contributed by atoms with Crippen molar-refractivity contribution in [3.63, 3.8) is 0 Å². The second kappa shape index (κ2) is 4.19. The first-order valence-corrected chi connectivity index (χ1v) is 5.49. The van der Waals surface area contributed by atoms with Crippen LogP contribution < -0.4 is 4.74 Å². The SMILES string of the molecule is [C-]#[N+]c1cc(C2=CC(=O)C(C)(C)O2)ccc1OC. The van der Waals surface area contributed by atoms with Crippen LogP contribution in [0.5, 0.6) is 5.75 Å². The van der Waals surface area contributed by atoms with Gasteiger partial charge in [0, 0.05) is 11.6 Å². The van der Waals surface area contributed by atoms with Crippen LogP contribution in [0.3, 0.4) is 0 Å². The second-order valence-corrected chi connectivity index (χ2v) is 4.48. The number of ketones is 1. The molecule has 0 amide bonds. The van der Waals surface area contributed by atoms with E-state index in [1.807, 2.05) is 0 Å². The molecule has 0 spiro atoms. The minimum absolute atomic E-state index is 0.0716. The number of rotatable bonds is 2. The van der Waals surface area contributed by atoms with E-state index < -0.39 is 5.60 Å². The molecule has 4 heteroatoms. The van der Waals surface area contributed by atoms with E-state index in [-0.39, 0.29) is 5.78 Å². The molecule has 0 radical (unpaired) electrons. The minimum atomic E-state index is -0.826. The van der Waals surface area contributed by atoms with Gasteiger partial charge in [-0.3, -0.25) is 4.79 Å². The molecule has 18 heavy (non-hydrogen) atoms. The Kier molecular flexibility index (Phi) is 2.84. The predicted molar refractivity (Wildman–Crippen MR) is 67.4 cm³/mol. The van der Waals surface area contributed by atoms with Crippen LogP contribution in [0.4, 0.5) is 5.69 Å². The smallest absolute Gasteiger partial charge is 0.228 e. The summed E-state index contributed by atoms with van der Waals surface area (Å²) in [5, 5.41) is 0. The predicted octanol–water partition coefficient (Wildman–Crippen LogP) is 2.96. The van der Waals surface area contributed by atoms with E-state index in [1.165, 1.54) is 13.2 Å². The first kappa shape index (κ1) is 12.2. The lowest BCUT2D eigenvalue weighted by molar-refractivity contribution is -0.125. The Balaban J connectivity index is 2.40. The van der Waals surface area contributed by atoms with Crippen molar-refractivity contribution in [2.75, 3.05) is 7.11 Å². The summed E-state index contributed by atoms with van der Waals surface area (Å²) in [6.45, 7) is 10.5. The van der Waals surface area contributed by atoms with Gasteiger partial charge in [0.25, 0.3) is 0 Å². The van der Waals surface area contributed by atoms with E-state index in [2.05, 4.69) is 4.85 Å². The Morgan fingerprint density at radius 2 is 2.11 bits per heavy atom. The summed E-state index contributed by atoms with van der Waals surface area (Å²) in [5.74, 6) is 0.938.